The van der Waals surface area contributed by atoms with Crippen molar-refractivity contribution < 1.29 is 84.0 Å². The second-order valence-corrected chi connectivity index (χ2v) is 9.80. The fourth-order valence-electron chi connectivity index (χ4n) is 3.81. The first-order valence-corrected chi connectivity index (χ1v) is 17.0. The number of nitrogens with zero attached hydrogens (tertiary/aromatic N) is 6. The van der Waals surface area contributed by atoms with Crippen LogP contribution in [0, 0.1) is 30.6 Å². The second kappa shape index (κ2) is 45.2. The Morgan fingerprint density at radius 3 is 0.797 bits per heavy atom. The van der Waals surface area contributed by atoms with Crippen molar-refractivity contribution in [2.24, 2.45) is 0 Å². The van der Waals surface area contributed by atoms with E-state index in [1.165, 1.54) is 0 Å². The van der Waals surface area contributed by atoms with Crippen LogP contribution in [0.4, 0.5) is 0 Å². The Balaban J connectivity index is -0.000000232. The van der Waals surface area contributed by atoms with Gasteiger partial charge in [0.1, 0.15) is 0 Å². The second-order valence-electron chi connectivity index (χ2n) is 9.80. The molecule has 4 aromatic carbocycles. The normalized spacial score (nSPS) is 8.88. The summed E-state index contributed by atoms with van der Waals surface area (Å²) in [4.78, 5) is 56.1. The van der Waals surface area contributed by atoms with Crippen LogP contribution in [0.3, 0.4) is 0 Å². The van der Waals surface area contributed by atoms with Gasteiger partial charge in [-0.05, 0) is 35.4 Å². The Hall–Kier alpha value is -7.29. The predicted molar refractivity (Wildman–Crippen MR) is 227 cm³/mol. The maximum atomic E-state index is 11.8. The molecule has 22 heteroatoms. The number of allylic oxidation sites excluding steroid dienone is 2. The van der Waals surface area contributed by atoms with Gasteiger partial charge in [0.25, 0.3) is 0 Å². The van der Waals surface area contributed by atoms with Crippen LogP contribution in [-0.2, 0) is 33.6 Å². The third-order valence-corrected chi connectivity index (χ3v) is 6.09. The van der Waals surface area contributed by atoms with Gasteiger partial charge < -0.3 is 61.3 Å². The Bertz CT molecular complexity index is 1940. The molecule has 0 aliphatic carbocycles. The molecule has 0 fully saturated rings. The molecule has 0 aliphatic heterocycles. The Labute approximate surface area is 388 Å². The summed E-state index contributed by atoms with van der Waals surface area (Å²) < 4.78 is 0. The van der Waals surface area contributed by atoms with E-state index in [-0.39, 0.29) is 56.6 Å². The molecule has 0 saturated carbocycles. The van der Waals surface area contributed by atoms with Gasteiger partial charge in [0.15, 0.2) is 23.2 Å². The molecule has 20 nitrogen and oxygen atoms in total. The first kappa shape index (κ1) is 65.8. The summed E-state index contributed by atoms with van der Waals surface area (Å²) in [7, 11) is 4.00. The number of hydrogen-bond donors (Lipinski definition) is 4. The molecule has 344 valence electrons. The van der Waals surface area contributed by atoms with Crippen molar-refractivity contribution in [2.75, 3.05) is 28.4 Å². The topological polar surface area (TPSA) is 345 Å². The van der Waals surface area contributed by atoms with Crippen molar-refractivity contribution in [3.8, 4) is 11.6 Å². The number of carbonyl (C=O) groups is 2. The van der Waals surface area contributed by atoms with Crippen LogP contribution >= 0.6 is 0 Å². The minimum atomic E-state index is -1.75. The molecule has 0 amide bonds. The van der Waals surface area contributed by atoms with Crippen LogP contribution in [0.5, 0.6) is 0 Å². The summed E-state index contributed by atoms with van der Waals surface area (Å²) in [5, 5.41) is 81.0. The first-order chi connectivity index (χ1) is 30.0. The summed E-state index contributed by atoms with van der Waals surface area (Å²) >= 11 is 0. The zero-order valence-electron chi connectivity index (χ0n) is 34.4. The van der Waals surface area contributed by atoms with Crippen molar-refractivity contribution in [2.45, 2.75) is 0 Å². The standard InChI is InChI=1S/2C15H12O2.C8H6N4.4CH4O.2Co.2NO3/c2*16-14(12-7-3-1-4-8-12)11-15(17)13-9-5-2-6-10-13;1-3-9-7(10-4-1)8-11-5-2-6-12-8;4*1-2;;;2*2-1(3)4/h2*1-11,16H;1-6H;4*2H,1H3;;;;/q;;;;;;;2*+2;2*-1/p-2/b2*14-11-;;;;;;;;;. The summed E-state index contributed by atoms with van der Waals surface area (Å²) in [6.07, 6.45) is 8.92. The summed E-state index contributed by atoms with van der Waals surface area (Å²) in [6.45, 7) is 0. The van der Waals surface area contributed by atoms with E-state index in [9.17, 15) is 19.8 Å². The molecule has 0 spiro atoms. The molecule has 2 heterocycles. The smallest absolute Gasteiger partial charge is 0.872 e. The zero-order valence-corrected chi connectivity index (χ0v) is 36.5. The molecule has 6 rings (SSSR count). The molecule has 4 N–H and O–H groups in total. The fraction of sp³-hybridized carbons (Fsp3) is 0.0952. The molecular weight excluding hydrogens is 930 g/mol. The van der Waals surface area contributed by atoms with E-state index in [0.717, 1.165) is 40.6 Å². The number of hydrogen-bond acceptors (Lipinski definition) is 18. The minimum Gasteiger partial charge on any atom is -0.872 e. The van der Waals surface area contributed by atoms with Crippen molar-refractivity contribution in [1.82, 2.24) is 19.9 Å². The van der Waals surface area contributed by atoms with E-state index in [1.807, 2.05) is 24.3 Å². The van der Waals surface area contributed by atoms with Crippen molar-refractivity contribution in [1.29, 1.82) is 0 Å². The largest absolute Gasteiger partial charge is 2.00 e. The van der Waals surface area contributed by atoms with Gasteiger partial charge in [0, 0.05) is 64.4 Å². The molecule has 2 radical (unpaired) electrons. The third-order valence-electron chi connectivity index (χ3n) is 6.09. The van der Waals surface area contributed by atoms with E-state index in [0.29, 0.717) is 33.9 Å². The van der Waals surface area contributed by atoms with Crippen LogP contribution in [0.15, 0.2) is 170 Å². The van der Waals surface area contributed by atoms with Gasteiger partial charge in [0.2, 0.25) is 0 Å². The zero-order chi connectivity index (χ0) is 47.6. The third kappa shape index (κ3) is 33.4. The van der Waals surface area contributed by atoms with Crippen LogP contribution in [0.25, 0.3) is 23.2 Å². The summed E-state index contributed by atoms with van der Waals surface area (Å²) in [5.74, 6) is 0.0500. The molecule has 0 saturated heterocycles. The van der Waals surface area contributed by atoms with Gasteiger partial charge in [0.05, 0.1) is 10.2 Å². The Morgan fingerprint density at radius 1 is 0.406 bits per heavy atom. The minimum absolute atomic E-state index is 0. The average Bonchev–Trinajstić information content (AvgIpc) is 3.33. The van der Waals surface area contributed by atoms with Crippen molar-refractivity contribution >= 4 is 23.1 Å². The molecule has 0 atom stereocenters. The molecule has 0 bridgehead atoms. The number of aromatic nitrogens is 4. The molecule has 64 heavy (non-hydrogen) atoms. The number of benzene rings is 4. The average molecular weight is 975 g/mol. The van der Waals surface area contributed by atoms with Crippen LogP contribution in [-0.4, -0.2) is 90.5 Å². The number of rotatable bonds is 7. The van der Waals surface area contributed by atoms with Gasteiger partial charge in [-0.15, -0.1) is 0 Å². The predicted octanol–water partition coefficient (Wildman–Crippen LogP) is 3.43. The SMILES string of the molecule is CO.CO.CO.CO.O=C(/C=C(\[O-])c1ccccc1)c1ccccc1.O=C(/C=C(\[O-])c1ccccc1)c1ccccc1.O=[N+]([O-])[O-].O=[N+]([O-])[O-].[Co+2].[Co+2].c1cnc(-c2ncccn2)nc1. The van der Waals surface area contributed by atoms with E-state index >= 15 is 0 Å². The van der Waals surface area contributed by atoms with Crippen LogP contribution in [0.1, 0.15) is 31.8 Å². The van der Waals surface area contributed by atoms with Gasteiger partial charge in [-0.3, -0.25) is 9.59 Å². The van der Waals surface area contributed by atoms with Crippen LogP contribution < -0.4 is 10.2 Å². The maximum Gasteiger partial charge on any atom is 2.00 e. The van der Waals surface area contributed by atoms with E-state index in [2.05, 4.69) is 19.9 Å². The number of carbonyl (C=O) groups excluding carboxylic acids is 2. The summed E-state index contributed by atoms with van der Waals surface area (Å²) in [6, 6.07) is 38.5. The summed E-state index contributed by atoms with van der Waals surface area (Å²) in [5.41, 5.74) is 2.10. The van der Waals surface area contributed by atoms with Gasteiger partial charge in [-0.2, -0.15) is 0 Å². The number of aliphatic hydroxyl groups excluding tert-OH is 4. The quantitative estimate of drug-likeness (QED) is 0.0585. The monoisotopic (exact) mass is 974 g/mol. The first-order valence-electron chi connectivity index (χ1n) is 17.0. The molecule has 0 aliphatic rings. The Kier molecular flexibility index (Phi) is 46.5. The Morgan fingerprint density at radius 2 is 0.594 bits per heavy atom. The molecular formula is C42H44Co2N6O14. The van der Waals surface area contributed by atoms with Crippen molar-refractivity contribution in [3.05, 3.63) is 223 Å². The van der Waals surface area contributed by atoms with Gasteiger partial charge in [-0.1, -0.05) is 133 Å². The fourth-order valence-corrected chi connectivity index (χ4v) is 3.81. The van der Waals surface area contributed by atoms with E-state index in [4.69, 9.17) is 51.1 Å². The van der Waals surface area contributed by atoms with Crippen LogP contribution in [0.2, 0.25) is 0 Å². The number of aliphatic hydroxyl groups is 4. The number of ketones is 2. The van der Waals surface area contributed by atoms with Gasteiger partial charge in [-0.25, -0.2) is 19.9 Å². The van der Waals surface area contributed by atoms with Crippen molar-refractivity contribution in [3.63, 3.8) is 0 Å². The van der Waals surface area contributed by atoms with E-state index in [1.54, 1.807) is 134 Å². The molecule has 6 aromatic rings. The maximum absolute atomic E-state index is 11.8. The van der Waals surface area contributed by atoms with Gasteiger partial charge >= 0.3 is 33.6 Å². The molecule has 0 unspecified atom stereocenters. The molecule has 2 aromatic heterocycles. The van der Waals surface area contributed by atoms with E-state index < -0.39 is 10.2 Å².